The molecule has 0 amide bonds. The third kappa shape index (κ3) is 7.41. The van der Waals surface area contributed by atoms with E-state index in [1.165, 1.54) is 33.1 Å². The second-order valence-electron chi connectivity index (χ2n) is 13.3. The van der Waals surface area contributed by atoms with Crippen molar-refractivity contribution < 1.29 is 93.7 Å². The summed E-state index contributed by atoms with van der Waals surface area (Å²) >= 11 is 0. The predicted molar refractivity (Wildman–Crippen MR) is 176 cm³/mol. The Morgan fingerprint density at radius 3 is 1.94 bits per heavy atom. The summed E-state index contributed by atoms with van der Waals surface area (Å²) in [7, 11) is 1.30. The average Bonchev–Trinajstić information content (AvgIpc) is 3.13. The van der Waals surface area contributed by atoms with E-state index in [4.69, 9.17) is 37.6 Å². The first-order chi connectivity index (χ1) is 25.5. The maximum Gasteiger partial charge on any atom is 0.239 e. The molecule has 3 aromatic rings. The van der Waals surface area contributed by atoms with Gasteiger partial charge in [-0.3, -0.25) is 4.79 Å². The molecular weight excluding hydrogens is 728 g/mol. The number of methoxy groups -OCH3 is 1. The molecule has 1 aromatic heterocycles. The molecule has 0 bridgehead atoms. The minimum atomic E-state index is -2.03. The fourth-order valence-corrected chi connectivity index (χ4v) is 6.42. The monoisotopic (exact) mass is 770 g/mol. The van der Waals surface area contributed by atoms with E-state index >= 15 is 0 Å². The molecule has 0 spiro atoms. The summed E-state index contributed by atoms with van der Waals surface area (Å²) in [6.07, 6.45) is -25.0. The Bertz CT molecular complexity index is 1850. The van der Waals surface area contributed by atoms with Crippen LogP contribution in [0.15, 0.2) is 39.5 Å². The van der Waals surface area contributed by atoms with Gasteiger partial charge in [-0.05, 0) is 32.0 Å². The summed E-state index contributed by atoms with van der Waals surface area (Å²) in [5.41, 5.74) is -1.38. The zero-order chi connectivity index (χ0) is 39.3. The summed E-state index contributed by atoms with van der Waals surface area (Å²) in [4.78, 5) is 14.1. The van der Waals surface area contributed by atoms with E-state index in [1.807, 2.05) is 0 Å². The van der Waals surface area contributed by atoms with Crippen LogP contribution in [0.5, 0.6) is 28.7 Å². The van der Waals surface area contributed by atoms with E-state index in [1.54, 1.807) is 0 Å². The molecule has 20 heteroatoms. The second-order valence-corrected chi connectivity index (χ2v) is 13.3. The first-order valence-corrected chi connectivity index (χ1v) is 16.8. The van der Waals surface area contributed by atoms with E-state index in [2.05, 4.69) is 0 Å². The highest BCUT2D eigenvalue weighted by Gasteiger charge is 2.52. The van der Waals surface area contributed by atoms with Crippen LogP contribution in [0.2, 0.25) is 0 Å². The average molecular weight is 771 g/mol. The van der Waals surface area contributed by atoms with Crippen molar-refractivity contribution in [1.82, 2.24) is 0 Å². The number of benzene rings is 2. The number of phenolic OH excluding ortho intramolecular Hbond substituents is 3. The van der Waals surface area contributed by atoms with Crippen LogP contribution in [0.4, 0.5) is 0 Å². The summed E-state index contributed by atoms with van der Waals surface area (Å²) < 4.78 is 45.4. The van der Waals surface area contributed by atoms with E-state index in [-0.39, 0.29) is 16.9 Å². The Balaban J connectivity index is 1.41. The molecular formula is C34H42O20. The van der Waals surface area contributed by atoms with Gasteiger partial charge in [-0.15, -0.1) is 0 Å². The number of fused-ring (bicyclic) bond motifs is 1. The van der Waals surface area contributed by atoms with Gasteiger partial charge >= 0.3 is 0 Å². The number of ether oxygens (including phenoxy) is 7. The lowest BCUT2D eigenvalue weighted by Crippen LogP contribution is -2.65. The molecule has 3 aliphatic rings. The van der Waals surface area contributed by atoms with Crippen molar-refractivity contribution >= 4 is 11.0 Å². The van der Waals surface area contributed by atoms with Crippen molar-refractivity contribution in [2.45, 2.75) is 106 Å². The highest BCUT2D eigenvalue weighted by molar-refractivity contribution is 5.88. The van der Waals surface area contributed by atoms with E-state index in [0.29, 0.717) is 0 Å². The number of aliphatic hydroxyl groups is 8. The van der Waals surface area contributed by atoms with Crippen LogP contribution in [0.3, 0.4) is 0 Å². The quantitative estimate of drug-likeness (QED) is 0.107. The lowest BCUT2D eigenvalue weighted by atomic mass is 9.97. The standard InChI is InChI=1S/C34H42O20/c1-10-20(38)24(42)27(45)32(49-10)48-9-18-22(40)26(44)31(54-33-28(46)25(43)21(39)11(2)50-33)34(52-18)53-30-23(41)19-15(37)7-13(35)8-17(19)51-29(30)12-4-5-16(47-3)14(36)6-12/h4-8,10-11,18,20-22,24-28,31-40,42-46H,9H2,1-3H3. The number of rotatable bonds is 9. The van der Waals surface area contributed by atoms with Crippen molar-refractivity contribution in [3.63, 3.8) is 0 Å². The first kappa shape index (κ1) is 39.8. The maximum absolute atomic E-state index is 14.1. The van der Waals surface area contributed by atoms with Crippen molar-refractivity contribution in [3.05, 3.63) is 40.6 Å². The Kier molecular flexibility index (Phi) is 11.6. The zero-order valence-corrected chi connectivity index (χ0v) is 28.8. The van der Waals surface area contributed by atoms with Gasteiger partial charge in [0.05, 0.1) is 25.9 Å². The number of aromatic hydroxyl groups is 3. The van der Waals surface area contributed by atoms with E-state index < -0.39 is 138 Å². The van der Waals surface area contributed by atoms with Gasteiger partial charge in [-0.1, -0.05) is 0 Å². The molecule has 54 heavy (non-hydrogen) atoms. The van der Waals surface area contributed by atoms with E-state index in [9.17, 15) is 61.0 Å². The fraction of sp³-hybridized carbons (Fsp3) is 0.559. The van der Waals surface area contributed by atoms with Gasteiger partial charge in [0.25, 0.3) is 0 Å². The van der Waals surface area contributed by atoms with Crippen molar-refractivity contribution in [2.24, 2.45) is 0 Å². The van der Waals surface area contributed by atoms with Gasteiger partial charge in [-0.25, -0.2) is 0 Å². The van der Waals surface area contributed by atoms with Crippen LogP contribution in [-0.2, 0) is 23.7 Å². The first-order valence-electron chi connectivity index (χ1n) is 16.8. The van der Waals surface area contributed by atoms with Gasteiger partial charge < -0.3 is 93.7 Å². The van der Waals surface area contributed by atoms with Crippen molar-refractivity contribution in [3.8, 4) is 40.1 Å². The van der Waals surface area contributed by atoms with Crippen molar-refractivity contribution in [1.29, 1.82) is 0 Å². The molecule has 0 saturated carbocycles. The minimum absolute atomic E-state index is 0.00542. The van der Waals surface area contributed by atoms with E-state index in [0.717, 1.165) is 18.2 Å². The molecule has 15 unspecified atom stereocenters. The van der Waals surface area contributed by atoms with Gasteiger partial charge in [0.15, 0.2) is 35.9 Å². The molecule has 15 atom stereocenters. The lowest BCUT2D eigenvalue weighted by molar-refractivity contribution is -0.360. The molecule has 0 radical (unpaired) electrons. The van der Waals surface area contributed by atoms with Gasteiger partial charge in [-0.2, -0.15) is 0 Å². The summed E-state index contributed by atoms with van der Waals surface area (Å²) in [5.74, 6) is -2.68. The predicted octanol–water partition coefficient (Wildman–Crippen LogP) is -2.53. The Morgan fingerprint density at radius 2 is 1.31 bits per heavy atom. The SMILES string of the molecule is COc1ccc(-c2oc3cc(O)cc(O)c3c(=O)c2OC2OC(COC3OC(C)C(O)C(O)C3O)C(O)C(O)C2OC2OC(C)C(O)C(O)C2O)cc1O. The van der Waals surface area contributed by atoms with Gasteiger partial charge in [0.1, 0.15) is 77.4 Å². The summed E-state index contributed by atoms with van der Waals surface area (Å²) in [5, 5.41) is 116. The Labute approximate surface area is 305 Å². The highest BCUT2D eigenvalue weighted by atomic mass is 16.8. The van der Waals surface area contributed by atoms with Crippen LogP contribution in [0, 0.1) is 0 Å². The van der Waals surface area contributed by atoms with Gasteiger partial charge in [0.2, 0.25) is 17.5 Å². The Hall–Kier alpha value is -3.87. The maximum atomic E-state index is 14.1. The van der Waals surface area contributed by atoms with Crippen LogP contribution in [0.25, 0.3) is 22.3 Å². The molecule has 0 aliphatic carbocycles. The molecule has 6 rings (SSSR count). The smallest absolute Gasteiger partial charge is 0.239 e. The number of hydrogen-bond acceptors (Lipinski definition) is 20. The third-order valence-electron chi connectivity index (χ3n) is 9.57. The van der Waals surface area contributed by atoms with Crippen molar-refractivity contribution in [2.75, 3.05) is 13.7 Å². The number of hydrogen-bond donors (Lipinski definition) is 11. The molecule has 11 N–H and O–H groups in total. The van der Waals surface area contributed by atoms with Crippen LogP contribution in [0.1, 0.15) is 13.8 Å². The van der Waals surface area contributed by atoms with Crippen LogP contribution >= 0.6 is 0 Å². The fourth-order valence-electron chi connectivity index (χ4n) is 6.42. The molecule has 2 aromatic carbocycles. The molecule has 3 aliphatic heterocycles. The minimum Gasteiger partial charge on any atom is -0.508 e. The molecule has 3 fully saturated rings. The summed E-state index contributed by atoms with van der Waals surface area (Å²) in [6, 6.07) is 5.73. The highest BCUT2D eigenvalue weighted by Crippen LogP contribution is 2.40. The molecule has 298 valence electrons. The molecule has 4 heterocycles. The number of aliphatic hydroxyl groups excluding tert-OH is 8. The van der Waals surface area contributed by atoms with Crippen LogP contribution < -0.4 is 14.9 Å². The molecule has 3 saturated heterocycles. The lowest BCUT2D eigenvalue weighted by Gasteiger charge is -2.46. The topological polar surface area (TPSA) is 317 Å². The third-order valence-corrected chi connectivity index (χ3v) is 9.57. The Morgan fingerprint density at radius 1 is 0.685 bits per heavy atom. The van der Waals surface area contributed by atoms with Crippen LogP contribution in [-0.4, -0.2) is 162 Å². The van der Waals surface area contributed by atoms with Gasteiger partial charge in [0, 0.05) is 17.7 Å². The molecule has 20 nitrogen and oxygen atoms in total. The number of phenols is 3. The normalized spacial score (nSPS) is 37.3. The second kappa shape index (κ2) is 15.7. The summed E-state index contributed by atoms with van der Waals surface area (Å²) in [6.45, 7) is 2.09. The largest absolute Gasteiger partial charge is 0.508 e. The zero-order valence-electron chi connectivity index (χ0n) is 28.8.